The Hall–Kier alpha value is -0.120. The van der Waals surface area contributed by atoms with Gasteiger partial charge in [0.25, 0.3) is 0 Å². The first-order valence-corrected chi connectivity index (χ1v) is 7.90. The summed E-state index contributed by atoms with van der Waals surface area (Å²) in [6, 6.07) is 1.63. The summed E-state index contributed by atoms with van der Waals surface area (Å²) in [5.41, 5.74) is 0. The van der Waals surface area contributed by atoms with E-state index >= 15 is 0 Å². The van der Waals surface area contributed by atoms with E-state index in [9.17, 15) is 0 Å². The van der Waals surface area contributed by atoms with Crippen LogP contribution in [0.5, 0.6) is 0 Å². The Morgan fingerprint density at radius 1 is 1.17 bits per heavy atom. The van der Waals surface area contributed by atoms with Crippen molar-refractivity contribution in [3.8, 4) is 0 Å². The normalized spacial score (nSPS) is 43.0. The van der Waals surface area contributed by atoms with Crippen LogP contribution in [0.3, 0.4) is 0 Å². The molecule has 0 saturated carbocycles. The fourth-order valence-electron chi connectivity index (χ4n) is 4.32. The summed E-state index contributed by atoms with van der Waals surface area (Å²) in [6.45, 7) is 8.91. The molecule has 3 aliphatic rings. The Labute approximate surface area is 112 Å². The number of piperidine rings is 2. The van der Waals surface area contributed by atoms with Gasteiger partial charge in [0, 0.05) is 25.2 Å². The highest BCUT2D eigenvalue weighted by molar-refractivity contribution is 4.91. The number of likely N-dealkylation sites (tertiary alicyclic amines) is 2. The quantitative estimate of drug-likeness (QED) is 0.800. The van der Waals surface area contributed by atoms with Crippen LogP contribution in [-0.2, 0) is 0 Å². The van der Waals surface area contributed by atoms with Gasteiger partial charge in [0.2, 0.25) is 0 Å². The molecular weight excluding hydrogens is 222 g/mol. The highest BCUT2D eigenvalue weighted by Gasteiger charge is 2.35. The first-order valence-electron chi connectivity index (χ1n) is 7.90. The number of nitrogens with zero attached hydrogens (tertiary/aromatic N) is 2. The van der Waals surface area contributed by atoms with E-state index in [0.29, 0.717) is 0 Å². The molecule has 0 amide bonds. The lowest BCUT2D eigenvalue weighted by molar-refractivity contribution is 0.0341. The summed E-state index contributed by atoms with van der Waals surface area (Å²) in [6.07, 6.45) is 5.62. The van der Waals surface area contributed by atoms with E-state index in [2.05, 4.69) is 29.1 Å². The molecule has 0 radical (unpaired) electrons. The molecule has 0 aromatic heterocycles. The topological polar surface area (TPSA) is 18.5 Å². The van der Waals surface area contributed by atoms with Gasteiger partial charge >= 0.3 is 0 Å². The minimum atomic E-state index is 0.753. The van der Waals surface area contributed by atoms with Gasteiger partial charge in [-0.15, -0.1) is 0 Å². The van der Waals surface area contributed by atoms with E-state index in [4.69, 9.17) is 0 Å². The third-order valence-electron chi connectivity index (χ3n) is 5.58. The van der Waals surface area contributed by atoms with Crippen LogP contribution in [0.2, 0.25) is 0 Å². The van der Waals surface area contributed by atoms with Gasteiger partial charge in [-0.2, -0.15) is 0 Å². The van der Waals surface area contributed by atoms with Gasteiger partial charge < -0.3 is 15.1 Å². The third-order valence-corrected chi connectivity index (χ3v) is 5.58. The molecule has 0 aliphatic carbocycles. The van der Waals surface area contributed by atoms with Crippen LogP contribution in [0.1, 0.15) is 32.6 Å². The van der Waals surface area contributed by atoms with Gasteiger partial charge in [-0.25, -0.2) is 0 Å². The lowest BCUT2D eigenvalue weighted by Gasteiger charge is -2.46. The highest BCUT2D eigenvalue weighted by Crippen LogP contribution is 2.30. The SMILES string of the molecule is CC1CCNC1CN1CCC2C(CCCN2C)C1. The van der Waals surface area contributed by atoms with Crippen LogP contribution in [-0.4, -0.2) is 61.7 Å². The van der Waals surface area contributed by atoms with E-state index in [1.807, 2.05) is 0 Å². The number of hydrogen-bond donors (Lipinski definition) is 1. The van der Waals surface area contributed by atoms with Crippen molar-refractivity contribution in [1.82, 2.24) is 15.1 Å². The molecule has 0 bridgehead atoms. The Kier molecular flexibility index (Phi) is 3.92. The van der Waals surface area contributed by atoms with Gasteiger partial charge in [-0.1, -0.05) is 6.92 Å². The second-order valence-corrected chi connectivity index (χ2v) is 6.83. The third kappa shape index (κ3) is 2.59. The van der Waals surface area contributed by atoms with E-state index in [1.165, 1.54) is 58.4 Å². The number of fused-ring (bicyclic) bond motifs is 1. The molecule has 3 fully saturated rings. The van der Waals surface area contributed by atoms with Crippen LogP contribution < -0.4 is 5.32 Å². The first-order chi connectivity index (χ1) is 8.74. The molecule has 4 unspecified atom stereocenters. The number of rotatable bonds is 2. The average molecular weight is 251 g/mol. The van der Waals surface area contributed by atoms with Crippen molar-refractivity contribution in [1.29, 1.82) is 0 Å². The number of hydrogen-bond acceptors (Lipinski definition) is 3. The average Bonchev–Trinajstić information content (AvgIpc) is 2.75. The van der Waals surface area contributed by atoms with Crippen LogP contribution >= 0.6 is 0 Å². The van der Waals surface area contributed by atoms with Crippen LogP contribution in [0.4, 0.5) is 0 Å². The van der Waals surface area contributed by atoms with Gasteiger partial charge in [-0.05, 0) is 64.2 Å². The zero-order valence-corrected chi connectivity index (χ0v) is 12.1. The zero-order valence-electron chi connectivity index (χ0n) is 12.1. The molecule has 0 aromatic carbocycles. The Morgan fingerprint density at radius 2 is 2.06 bits per heavy atom. The van der Waals surface area contributed by atoms with Crippen molar-refractivity contribution < 1.29 is 0 Å². The summed E-state index contributed by atoms with van der Waals surface area (Å²) in [5.74, 6) is 1.81. The molecule has 3 rings (SSSR count). The highest BCUT2D eigenvalue weighted by atomic mass is 15.2. The van der Waals surface area contributed by atoms with Crippen molar-refractivity contribution in [3.05, 3.63) is 0 Å². The zero-order chi connectivity index (χ0) is 12.5. The lowest BCUT2D eigenvalue weighted by Crippen LogP contribution is -2.54. The Balaban J connectivity index is 1.54. The van der Waals surface area contributed by atoms with Crippen molar-refractivity contribution in [3.63, 3.8) is 0 Å². The fourth-order valence-corrected chi connectivity index (χ4v) is 4.32. The standard InChI is InChI=1S/C15H29N3/c1-12-5-7-16-14(12)11-18-9-6-15-13(10-18)4-3-8-17(15)2/h12-16H,3-11H2,1-2H3. The molecule has 18 heavy (non-hydrogen) atoms. The second-order valence-electron chi connectivity index (χ2n) is 6.83. The molecule has 3 heterocycles. The molecule has 0 aromatic rings. The monoisotopic (exact) mass is 251 g/mol. The Bertz CT molecular complexity index is 281. The second kappa shape index (κ2) is 5.48. The van der Waals surface area contributed by atoms with E-state index in [1.54, 1.807) is 0 Å². The van der Waals surface area contributed by atoms with E-state index < -0.39 is 0 Å². The van der Waals surface area contributed by atoms with Gasteiger partial charge in [0.05, 0.1) is 0 Å². The molecule has 1 N–H and O–H groups in total. The summed E-state index contributed by atoms with van der Waals surface area (Å²) in [7, 11) is 2.33. The van der Waals surface area contributed by atoms with Crippen molar-refractivity contribution >= 4 is 0 Å². The lowest BCUT2D eigenvalue weighted by atomic mass is 9.84. The summed E-state index contributed by atoms with van der Waals surface area (Å²) >= 11 is 0. The molecule has 4 atom stereocenters. The summed E-state index contributed by atoms with van der Waals surface area (Å²) in [4.78, 5) is 5.35. The van der Waals surface area contributed by atoms with Crippen molar-refractivity contribution in [2.45, 2.75) is 44.7 Å². The molecule has 3 aliphatic heterocycles. The predicted octanol–water partition coefficient (Wildman–Crippen LogP) is 1.40. The first kappa shape index (κ1) is 12.9. The molecule has 3 saturated heterocycles. The van der Waals surface area contributed by atoms with Gasteiger partial charge in [-0.3, -0.25) is 0 Å². The van der Waals surface area contributed by atoms with Crippen LogP contribution in [0.25, 0.3) is 0 Å². The van der Waals surface area contributed by atoms with Crippen molar-refractivity contribution in [2.24, 2.45) is 11.8 Å². The molecular formula is C15H29N3. The van der Waals surface area contributed by atoms with Crippen LogP contribution in [0.15, 0.2) is 0 Å². The maximum atomic E-state index is 3.68. The van der Waals surface area contributed by atoms with Gasteiger partial charge in [0.15, 0.2) is 0 Å². The molecule has 104 valence electrons. The molecule has 0 spiro atoms. The van der Waals surface area contributed by atoms with Crippen LogP contribution in [0, 0.1) is 11.8 Å². The molecule has 3 nitrogen and oxygen atoms in total. The summed E-state index contributed by atoms with van der Waals surface area (Å²) < 4.78 is 0. The predicted molar refractivity (Wildman–Crippen MR) is 75.8 cm³/mol. The largest absolute Gasteiger partial charge is 0.312 e. The Morgan fingerprint density at radius 3 is 2.83 bits per heavy atom. The maximum absolute atomic E-state index is 3.68. The minimum absolute atomic E-state index is 0.753. The maximum Gasteiger partial charge on any atom is 0.0221 e. The fraction of sp³-hybridized carbons (Fsp3) is 1.00. The van der Waals surface area contributed by atoms with Crippen molar-refractivity contribution in [2.75, 3.05) is 39.8 Å². The number of nitrogens with one attached hydrogen (secondary N) is 1. The molecule has 3 heteroatoms. The summed E-state index contributed by atoms with van der Waals surface area (Å²) in [5, 5.41) is 3.68. The van der Waals surface area contributed by atoms with E-state index in [0.717, 1.165) is 23.9 Å². The van der Waals surface area contributed by atoms with Gasteiger partial charge in [0.1, 0.15) is 0 Å². The van der Waals surface area contributed by atoms with E-state index in [-0.39, 0.29) is 0 Å². The minimum Gasteiger partial charge on any atom is -0.312 e. The smallest absolute Gasteiger partial charge is 0.0221 e.